The lowest BCUT2D eigenvalue weighted by atomic mass is 10.0. The van der Waals surface area contributed by atoms with Crippen molar-refractivity contribution in [3.63, 3.8) is 0 Å². The molecule has 3 aliphatic rings. The molecule has 0 aromatic carbocycles. The number of nitrogens with one attached hydrogen (secondary N) is 1. The molecule has 3 fully saturated rings. The Kier molecular flexibility index (Phi) is 2.96. The van der Waals surface area contributed by atoms with Crippen molar-refractivity contribution in [1.82, 2.24) is 4.72 Å². The van der Waals surface area contributed by atoms with Crippen molar-refractivity contribution in [2.75, 3.05) is 11.6 Å². The van der Waals surface area contributed by atoms with Gasteiger partial charge in [-0.15, -0.1) is 11.6 Å². The summed E-state index contributed by atoms with van der Waals surface area (Å²) in [5.41, 5.74) is 0. The second-order valence-corrected chi connectivity index (χ2v) is 8.28. The Morgan fingerprint density at radius 2 is 1.88 bits per heavy atom. The molecule has 3 nitrogen and oxygen atoms in total. The van der Waals surface area contributed by atoms with Crippen LogP contribution in [0.3, 0.4) is 0 Å². The van der Waals surface area contributed by atoms with Gasteiger partial charge < -0.3 is 0 Å². The molecule has 0 spiro atoms. The van der Waals surface area contributed by atoms with Gasteiger partial charge in [-0.25, -0.2) is 13.1 Å². The lowest BCUT2D eigenvalue weighted by Gasteiger charge is -2.13. The van der Waals surface area contributed by atoms with Gasteiger partial charge in [-0.05, 0) is 48.9 Å². The summed E-state index contributed by atoms with van der Waals surface area (Å²) in [6.07, 6.45) is 4.00. The van der Waals surface area contributed by atoms with Crippen molar-refractivity contribution in [2.45, 2.75) is 32.2 Å². The van der Waals surface area contributed by atoms with E-state index >= 15 is 0 Å². The predicted molar refractivity (Wildman–Crippen MR) is 68.4 cm³/mol. The van der Waals surface area contributed by atoms with E-state index < -0.39 is 10.0 Å². The van der Waals surface area contributed by atoms with E-state index in [9.17, 15) is 8.42 Å². The third kappa shape index (κ3) is 2.13. The standard InChI is InChI=1S/C12H20ClNO2S/c1-7(5-13)6-17(15,16)14-12-10-8-2-3-9(4-8)11(10)12/h7-12,14H,2-6H2,1H3. The maximum absolute atomic E-state index is 11.9. The summed E-state index contributed by atoms with van der Waals surface area (Å²) in [6, 6.07) is 0.258. The van der Waals surface area contributed by atoms with E-state index in [2.05, 4.69) is 4.72 Å². The van der Waals surface area contributed by atoms with E-state index in [-0.39, 0.29) is 17.7 Å². The first kappa shape index (κ1) is 12.2. The van der Waals surface area contributed by atoms with E-state index in [0.717, 1.165) is 11.8 Å². The summed E-state index contributed by atoms with van der Waals surface area (Å²) in [4.78, 5) is 0. The molecular formula is C12H20ClNO2S. The van der Waals surface area contributed by atoms with Crippen molar-refractivity contribution < 1.29 is 8.42 Å². The average molecular weight is 278 g/mol. The van der Waals surface area contributed by atoms with Gasteiger partial charge in [0.05, 0.1) is 5.75 Å². The third-order valence-corrected chi connectivity index (χ3v) is 6.98. The molecule has 0 amide bonds. The van der Waals surface area contributed by atoms with Gasteiger partial charge in [0.15, 0.2) is 0 Å². The monoisotopic (exact) mass is 277 g/mol. The number of fused-ring (bicyclic) bond motifs is 5. The molecule has 3 saturated carbocycles. The minimum Gasteiger partial charge on any atom is -0.212 e. The van der Waals surface area contributed by atoms with Crippen molar-refractivity contribution in [2.24, 2.45) is 29.6 Å². The van der Waals surface area contributed by atoms with Gasteiger partial charge in [0.2, 0.25) is 10.0 Å². The Morgan fingerprint density at radius 3 is 2.41 bits per heavy atom. The molecule has 3 aliphatic carbocycles. The summed E-state index contributed by atoms with van der Waals surface area (Å²) < 4.78 is 26.8. The van der Waals surface area contributed by atoms with Crippen molar-refractivity contribution in [1.29, 1.82) is 0 Å². The number of halogens is 1. The number of rotatable bonds is 5. The molecule has 1 N–H and O–H groups in total. The molecule has 0 heterocycles. The van der Waals surface area contributed by atoms with E-state index in [1.54, 1.807) is 0 Å². The van der Waals surface area contributed by atoms with Crippen LogP contribution in [0, 0.1) is 29.6 Å². The van der Waals surface area contributed by atoms with Crippen LogP contribution in [-0.2, 0) is 10.0 Å². The van der Waals surface area contributed by atoms with Crippen molar-refractivity contribution >= 4 is 21.6 Å². The van der Waals surface area contributed by atoms with Crippen LogP contribution in [0.2, 0.25) is 0 Å². The van der Waals surface area contributed by atoms with E-state index in [1.165, 1.54) is 19.3 Å². The average Bonchev–Trinajstić information content (AvgIpc) is 2.69. The zero-order valence-electron chi connectivity index (χ0n) is 10.1. The van der Waals surface area contributed by atoms with Gasteiger partial charge in [0, 0.05) is 11.9 Å². The number of hydrogen-bond donors (Lipinski definition) is 1. The van der Waals surface area contributed by atoms with Crippen LogP contribution in [-0.4, -0.2) is 26.1 Å². The lowest BCUT2D eigenvalue weighted by molar-refractivity contribution is 0.456. The second-order valence-electron chi connectivity index (χ2n) is 6.17. The molecule has 0 aromatic rings. The Labute approximate surface area is 108 Å². The summed E-state index contributed by atoms with van der Waals surface area (Å²) in [5, 5.41) is 0. The minimum absolute atomic E-state index is 0.0319. The van der Waals surface area contributed by atoms with Gasteiger partial charge in [0.25, 0.3) is 0 Å². The zero-order valence-corrected chi connectivity index (χ0v) is 11.7. The van der Waals surface area contributed by atoms with Crippen LogP contribution in [0.1, 0.15) is 26.2 Å². The molecule has 5 unspecified atom stereocenters. The van der Waals surface area contributed by atoms with Gasteiger partial charge in [-0.1, -0.05) is 6.92 Å². The topological polar surface area (TPSA) is 46.2 Å². The highest BCUT2D eigenvalue weighted by Gasteiger charge is 2.65. The van der Waals surface area contributed by atoms with Crippen LogP contribution >= 0.6 is 11.6 Å². The molecule has 0 aromatic heterocycles. The summed E-state index contributed by atoms with van der Waals surface area (Å²) in [7, 11) is -3.13. The Bertz CT molecular complexity index is 395. The molecule has 5 atom stereocenters. The van der Waals surface area contributed by atoms with Crippen LogP contribution in [0.4, 0.5) is 0 Å². The maximum atomic E-state index is 11.9. The van der Waals surface area contributed by atoms with Crippen molar-refractivity contribution in [3.05, 3.63) is 0 Å². The fraction of sp³-hybridized carbons (Fsp3) is 1.00. The third-order valence-electron chi connectivity index (χ3n) is 4.82. The van der Waals surface area contributed by atoms with Crippen LogP contribution < -0.4 is 4.72 Å². The Hall–Kier alpha value is 0.200. The second kappa shape index (κ2) is 4.10. The molecule has 0 aliphatic heterocycles. The number of hydrogen-bond acceptors (Lipinski definition) is 2. The first-order valence-corrected chi connectivity index (χ1v) is 8.76. The summed E-state index contributed by atoms with van der Waals surface area (Å²) in [6.45, 7) is 1.88. The van der Waals surface area contributed by atoms with Crippen LogP contribution in [0.5, 0.6) is 0 Å². The molecule has 5 heteroatoms. The van der Waals surface area contributed by atoms with E-state index in [1.807, 2.05) is 6.92 Å². The highest BCUT2D eigenvalue weighted by atomic mass is 35.5. The van der Waals surface area contributed by atoms with Gasteiger partial charge in [-0.2, -0.15) is 0 Å². The molecule has 2 bridgehead atoms. The first-order chi connectivity index (χ1) is 8.02. The summed E-state index contributed by atoms with van der Waals surface area (Å²) >= 11 is 5.67. The highest BCUT2D eigenvalue weighted by Crippen LogP contribution is 2.65. The van der Waals surface area contributed by atoms with Gasteiger partial charge in [0.1, 0.15) is 0 Å². The zero-order chi connectivity index (χ0) is 12.2. The van der Waals surface area contributed by atoms with Gasteiger partial charge >= 0.3 is 0 Å². The molecule has 3 rings (SSSR count). The minimum atomic E-state index is -3.13. The highest BCUT2D eigenvalue weighted by molar-refractivity contribution is 7.89. The van der Waals surface area contributed by atoms with Gasteiger partial charge in [-0.3, -0.25) is 0 Å². The molecule has 17 heavy (non-hydrogen) atoms. The van der Waals surface area contributed by atoms with E-state index in [0.29, 0.717) is 17.7 Å². The quantitative estimate of drug-likeness (QED) is 0.780. The molecule has 0 saturated heterocycles. The Balaban J connectivity index is 1.59. The number of alkyl halides is 1. The molecular weight excluding hydrogens is 258 g/mol. The largest absolute Gasteiger partial charge is 0.212 e. The van der Waals surface area contributed by atoms with Crippen LogP contribution in [0.15, 0.2) is 0 Å². The van der Waals surface area contributed by atoms with E-state index in [4.69, 9.17) is 11.6 Å². The smallest absolute Gasteiger partial charge is 0.212 e. The first-order valence-electron chi connectivity index (χ1n) is 6.58. The van der Waals surface area contributed by atoms with Crippen LogP contribution in [0.25, 0.3) is 0 Å². The predicted octanol–water partition coefficient (Wildman–Crippen LogP) is 1.83. The normalized spacial score (nSPS) is 44.7. The lowest BCUT2D eigenvalue weighted by Crippen LogP contribution is -2.34. The number of sulfonamides is 1. The summed E-state index contributed by atoms with van der Waals surface area (Å²) in [5.74, 6) is 3.55. The molecule has 98 valence electrons. The fourth-order valence-corrected chi connectivity index (χ4v) is 6.09. The van der Waals surface area contributed by atoms with Crippen molar-refractivity contribution in [3.8, 4) is 0 Å². The SMILES string of the molecule is CC(CCl)CS(=O)(=O)NC1C2C3CCC(C3)C12. The fourth-order valence-electron chi connectivity index (χ4n) is 4.16. The maximum Gasteiger partial charge on any atom is 0.212 e. The molecule has 0 radical (unpaired) electrons. The Morgan fingerprint density at radius 1 is 1.29 bits per heavy atom.